The largest absolute Gasteiger partial charge is 0.478 e. The van der Waals surface area contributed by atoms with Crippen LogP contribution in [0.4, 0.5) is 4.39 Å². The molecule has 0 saturated heterocycles. The van der Waals surface area contributed by atoms with Gasteiger partial charge in [0.15, 0.2) is 0 Å². The van der Waals surface area contributed by atoms with Gasteiger partial charge in [-0.1, -0.05) is 18.2 Å². The minimum absolute atomic E-state index is 0.0823. The maximum absolute atomic E-state index is 14.0. The minimum atomic E-state index is -1.16. The van der Waals surface area contributed by atoms with Crippen molar-refractivity contribution in [3.05, 3.63) is 53.8 Å². The van der Waals surface area contributed by atoms with Crippen LogP contribution in [0.5, 0.6) is 0 Å². The minimum Gasteiger partial charge on any atom is -0.478 e. The summed E-state index contributed by atoms with van der Waals surface area (Å²) >= 11 is 0. The van der Waals surface area contributed by atoms with Gasteiger partial charge in [-0.15, -0.1) is 0 Å². The summed E-state index contributed by atoms with van der Waals surface area (Å²) in [5.74, 6) is -1.76. The molecule has 0 atom stereocenters. The lowest BCUT2D eigenvalue weighted by molar-refractivity contribution is 0.0696. The molecule has 0 fully saturated rings. The Bertz CT molecular complexity index is 780. The lowest BCUT2D eigenvalue weighted by Crippen LogP contribution is -1.97. The van der Waals surface area contributed by atoms with Crippen molar-refractivity contribution < 1.29 is 14.3 Å². The molecule has 0 bridgehead atoms. The first kappa shape index (κ1) is 11.4. The van der Waals surface area contributed by atoms with Crippen molar-refractivity contribution in [3.63, 3.8) is 0 Å². The van der Waals surface area contributed by atoms with Gasteiger partial charge in [-0.05, 0) is 24.3 Å². The number of hydrogen-bond donors (Lipinski definition) is 2. The number of nitrogens with zero attached hydrogens (tertiary/aromatic N) is 1. The summed E-state index contributed by atoms with van der Waals surface area (Å²) in [6, 6.07) is 11.2. The van der Waals surface area contributed by atoms with Crippen molar-refractivity contribution in [1.29, 1.82) is 0 Å². The molecule has 1 heterocycles. The van der Waals surface area contributed by atoms with E-state index in [0.717, 1.165) is 17.0 Å². The van der Waals surface area contributed by atoms with Crippen LogP contribution in [0, 0.1) is 5.82 Å². The van der Waals surface area contributed by atoms with Gasteiger partial charge in [-0.3, -0.25) is 5.10 Å². The number of hydrogen-bond acceptors (Lipinski definition) is 2. The lowest BCUT2D eigenvalue weighted by atomic mass is 10.1. The molecule has 4 nitrogen and oxygen atoms in total. The summed E-state index contributed by atoms with van der Waals surface area (Å²) in [4.78, 5) is 10.8. The summed E-state index contributed by atoms with van der Waals surface area (Å²) in [5, 5.41) is 16.5. The quantitative estimate of drug-likeness (QED) is 0.740. The SMILES string of the molecule is O=C(O)c1ccc(-c2n[nH]c3ccccc23)c(F)c1. The Morgan fingerprint density at radius 2 is 2.00 bits per heavy atom. The number of benzene rings is 2. The van der Waals surface area contributed by atoms with Gasteiger partial charge >= 0.3 is 5.97 Å². The van der Waals surface area contributed by atoms with Crippen LogP contribution in [0.3, 0.4) is 0 Å². The predicted octanol–water partition coefficient (Wildman–Crippen LogP) is 3.07. The van der Waals surface area contributed by atoms with Crippen molar-refractivity contribution >= 4 is 16.9 Å². The number of rotatable bonds is 2. The van der Waals surface area contributed by atoms with Gasteiger partial charge in [-0.2, -0.15) is 5.10 Å². The number of halogens is 1. The van der Waals surface area contributed by atoms with E-state index in [1.54, 1.807) is 0 Å². The highest BCUT2D eigenvalue weighted by Gasteiger charge is 2.14. The van der Waals surface area contributed by atoms with Gasteiger partial charge in [0, 0.05) is 10.9 Å². The first-order valence-corrected chi connectivity index (χ1v) is 5.63. The van der Waals surface area contributed by atoms with Crippen LogP contribution in [-0.4, -0.2) is 21.3 Å². The summed E-state index contributed by atoms with van der Waals surface area (Å²) in [6.07, 6.45) is 0. The second-order valence-corrected chi connectivity index (χ2v) is 4.12. The number of H-pyrrole nitrogens is 1. The molecule has 2 aromatic carbocycles. The standard InChI is InChI=1S/C14H9FN2O2/c15-11-7-8(14(18)19)5-6-9(11)13-10-3-1-2-4-12(10)16-17-13/h1-7H,(H,16,17)(H,18,19). The van der Waals surface area contributed by atoms with Crippen LogP contribution in [0.1, 0.15) is 10.4 Å². The van der Waals surface area contributed by atoms with Crippen molar-refractivity contribution in [2.45, 2.75) is 0 Å². The van der Waals surface area contributed by atoms with Crippen LogP contribution >= 0.6 is 0 Å². The summed E-state index contributed by atoms with van der Waals surface area (Å²) in [5.41, 5.74) is 1.48. The molecule has 0 unspecified atom stereocenters. The highest BCUT2D eigenvalue weighted by Crippen LogP contribution is 2.28. The number of carboxylic acids is 1. The third kappa shape index (κ3) is 1.85. The molecule has 5 heteroatoms. The van der Waals surface area contributed by atoms with E-state index < -0.39 is 11.8 Å². The molecule has 0 spiro atoms. The van der Waals surface area contributed by atoms with E-state index in [4.69, 9.17) is 5.11 Å². The molecule has 3 aromatic rings. The lowest BCUT2D eigenvalue weighted by Gasteiger charge is -2.02. The van der Waals surface area contributed by atoms with E-state index in [9.17, 15) is 9.18 Å². The average molecular weight is 256 g/mol. The van der Waals surface area contributed by atoms with E-state index in [1.165, 1.54) is 12.1 Å². The number of aromatic nitrogens is 2. The zero-order chi connectivity index (χ0) is 13.4. The molecule has 2 N–H and O–H groups in total. The van der Waals surface area contributed by atoms with Gasteiger partial charge in [0.05, 0.1) is 11.1 Å². The Hall–Kier alpha value is -2.69. The average Bonchev–Trinajstić information content (AvgIpc) is 2.82. The third-order valence-electron chi connectivity index (χ3n) is 2.94. The zero-order valence-electron chi connectivity index (χ0n) is 9.72. The number of aromatic amines is 1. The Labute approximate surface area is 107 Å². The Balaban J connectivity index is 2.19. The Morgan fingerprint density at radius 1 is 1.21 bits per heavy atom. The maximum Gasteiger partial charge on any atom is 0.335 e. The Morgan fingerprint density at radius 3 is 2.74 bits per heavy atom. The fraction of sp³-hybridized carbons (Fsp3) is 0. The van der Waals surface area contributed by atoms with Crippen LogP contribution in [0.25, 0.3) is 22.2 Å². The van der Waals surface area contributed by atoms with Gasteiger partial charge in [0.2, 0.25) is 0 Å². The highest BCUT2D eigenvalue weighted by atomic mass is 19.1. The van der Waals surface area contributed by atoms with E-state index in [1.807, 2.05) is 24.3 Å². The molecule has 19 heavy (non-hydrogen) atoms. The molecule has 0 aliphatic carbocycles. The van der Waals surface area contributed by atoms with Crippen LogP contribution < -0.4 is 0 Å². The molecule has 0 amide bonds. The second-order valence-electron chi connectivity index (χ2n) is 4.12. The number of carbonyl (C=O) groups is 1. The molecule has 94 valence electrons. The Kier molecular flexibility index (Phi) is 2.52. The fourth-order valence-electron chi connectivity index (χ4n) is 2.01. The van der Waals surface area contributed by atoms with E-state index in [0.29, 0.717) is 5.69 Å². The molecular formula is C14H9FN2O2. The van der Waals surface area contributed by atoms with E-state index in [2.05, 4.69) is 10.2 Å². The van der Waals surface area contributed by atoms with Crippen molar-refractivity contribution in [2.75, 3.05) is 0 Å². The smallest absolute Gasteiger partial charge is 0.335 e. The molecule has 0 aliphatic rings. The molecule has 3 rings (SSSR count). The topological polar surface area (TPSA) is 66.0 Å². The molecule has 0 saturated carbocycles. The summed E-state index contributed by atoms with van der Waals surface area (Å²) in [6.45, 7) is 0. The number of aromatic carboxylic acids is 1. The normalized spacial score (nSPS) is 10.8. The number of nitrogens with one attached hydrogen (secondary N) is 1. The van der Waals surface area contributed by atoms with Crippen LogP contribution in [0.2, 0.25) is 0 Å². The summed E-state index contributed by atoms with van der Waals surface area (Å²) in [7, 11) is 0. The molecular weight excluding hydrogens is 247 g/mol. The van der Waals surface area contributed by atoms with E-state index >= 15 is 0 Å². The van der Waals surface area contributed by atoms with Gasteiger partial charge in [0.25, 0.3) is 0 Å². The first-order chi connectivity index (χ1) is 9.16. The second kappa shape index (κ2) is 4.20. The highest BCUT2D eigenvalue weighted by molar-refractivity contribution is 5.94. The summed E-state index contributed by atoms with van der Waals surface area (Å²) < 4.78 is 14.0. The van der Waals surface area contributed by atoms with E-state index in [-0.39, 0.29) is 11.1 Å². The van der Waals surface area contributed by atoms with Gasteiger partial charge in [0.1, 0.15) is 11.5 Å². The monoisotopic (exact) mass is 256 g/mol. The molecule has 0 radical (unpaired) electrons. The van der Waals surface area contributed by atoms with Gasteiger partial charge < -0.3 is 5.11 Å². The van der Waals surface area contributed by atoms with Gasteiger partial charge in [-0.25, -0.2) is 9.18 Å². The maximum atomic E-state index is 14.0. The van der Waals surface area contributed by atoms with Crippen LogP contribution in [-0.2, 0) is 0 Å². The number of fused-ring (bicyclic) bond motifs is 1. The third-order valence-corrected chi connectivity index (χ3v) is 2.94. The molecule has 1 aromatic heterocycles. The zero-order valence-corrected chi connectivity index (χ0v) is 9.72. The van der Waals surface area contributed by atoms with Crippen molar-refractivity contribution in [1.82, 2.24) is 10.2 Å². The predicted molar refractivity (Wildman–Crippen MR) is 68.4 cm³/mol. The van der Waals surface area contributed by atoms with Crippen molar-refractivity contribution in [3.8, 4) is 11.3 Å². The molecule has 0 aliphatic heterocycles. The van der Waals surface area contributed by atoms with Crippen molar-refractivity contribution in [2.24, 2.45) is 0 Å². The van der Waals surface area contributed by atoms with Crippen LogP contribution in [0.15, 0.2) is 42.5 Å². The number of carboxylic acid groups (broad SMARTS) is 1. The number of para-hydroxylation sites is 1. The fourth-order valence-corrected chi connectivity index (χ4v) is 2.01. The first-order valence-electron chi connectivity index (χ1n) is 5.63.